The van der Waals surface area contributed by atoms with Crippen molar-refractivity contribution in [2.24, 2.45) is 0 Å². The first-order valence-corrected chi connectivity index (χ1v) is 10.7. The van der Waals surface area contributed by atoms with Gasteiger partial charge in [0.1, 0.15) is 16.8 Å². The fourth-order valence-corrected chi connectivity index (χ4v) is 4.34. The van der Waals surface area contributed by atoms with Gasteiger partial charge in [0.15, 0.2) is 0 Å². The van der Waals surface area contributed by atoms with E-state index in [2.05, 4.69) is 10.3 Å². The van der Waals surface area contributed by atoms with E-state index in [4.69, 9.17) is 14.9 Å². The molecule has 2 unspecified atom stereocenters. The van der Waals surface area contributed by atoms with Crippen molar-refractivity contribution in [2.75, 3.05) is 19.8 Å². The third-order valence-corrected chi connectivity index (χ3v) is 5.99. The van der Waals surface area contributed by atoms with Gasteiger partial charge in [0.05, 0.1) is 29.7 Å². The number of hydrogen-bond acceptors (Lipinski definition) is 6. The zero-order valence-electron chi connectivity index (χ0n) is 17.2. The van der Waals surface area contributed by atoms with Crippen LogP contribution in [0.5, 0.6) is 0 Å². The van der Waals surface area contributed by atoms with E-state index in [1.165, 1.54) is 10.5 Å². The van der Waals surface area contributed by atoms with Crippen LogP contribution in [0.2, 0.25) is 0 Å². The summed E-state index contributed by atoms with van der Waals surface area (Å²) in [5.41, 5.74) is 0.802. The molecule has 0 aromatic carbocycles. The highest BCUT2D eigenvalue weighted by Crippen LogP contribution is 2.17. The molecule has 0 saturated carbocycles. The van der Waals surface area contributed by atoms with E-state index < -0.39 is 0 Å². The molecule has 2 atom stereocenters. The standard InChI is InChI=1S/C22H25N5O4/c23-19-16(21(28)24-12-14-5-3-9-30-14)11-17-20(27(19)13-15-6-4-10-31-15)25-18-7-1-2-8-26(18)22(17)29/h1-2,7-8,11,14-15,23H,3-6,9-10,12-13H2,(H,24,28). The van der Waals surface area contributed by atoms with Gasteiger partial charge >= 0.3 is 0 Å². The first-order chi connectivity index (χ1) is 15.1. The third-order valence-electron chi connectivity index (χ3n) is 5.99. The minimum atomic E-state index is -0.388. The molecule has 0 bridgehead atoms. The van der Waals surface area contributed by atoms with Gasteiger partial charge in [-0.25, -0.2) is 4.98 Å². The highest BCUT2D eigenvalue weighted by molar-refractivity contribution is 5.96. The second kappa shape index (κ2) is 8.24. The van der Waals surface area contributed by atoms with Crippen molar-refractivity contribution >= 4 is 22.6 Å². The Labute approximate surface area is 178 Å². The van der Waals surface area contributed by atoms with Crippen LogP contribution in [0.1, 0.15) is 36.0 Å². The topological polar surface area (TPSA) is 111 Å². The van der Waals surface area contributed by atoms with Crippen molar-refractivity contribution in [3.8, 4) is 0 Å². The van der Waals surface area contributed by atoms with Crippen LogP contribution in [0.15, 0.2) is 35.3 Å². The molecular formula is C22H25N5O4. The van der Waals surface area contributed by atoms with Crippen LogP contribution in [-0.2, 0) is 16.0 Å². The minimum Gasteiger partial charge on any atom is -0.376 e. The van der Waals surface area contributed by atoms with E-state index in [1.807, 2.05) is 6.07 Å². The Morgan fingerprint density at radius 3 is 2.71 bits per heavy atom. The molecule has 9 nitrogen and oxygen atoms in total. The van der Waals surface area contributed by atoms with Crippen LogP contribution in [0, 0.1) is 5.41 Å². The smallest absolute Gasteiger partial charge is 0.267 e. The quantitative estimate of drug-likeness (QED) is 0.600. The third kappa shape index (κ3) is 3.75. The Kier molecular flexibility index (Phi) is 5.29. The Balaban J connectivity index is 1.62. The monoisotopic (exact) mass is 423 g/mol. The van der Waals surface area contributed by atoms with E-state index in [0.29, 0.717) is 43.0 Å². The summed E-state index contributed by atoms with van der Waals surface area (Å²) in [6.07, 6.45) is 5.29. The number of carbonyl (C=O) groups excluding carboxylic acids is 1. The van der Waals surface area contributed by atoms with Crippen LogP contribution in [0.25, 0.3) is 16.7 Å². The average molecular weight is 423 g/mol. The molecule has 2 fully saturated rings. The lowest BCUT2D eigenvalue weighted by Crippen LogP contribution is -2.38. The first kappa shape index (κ1) is 19.9. The molecule has 162 valence electrons. The van der Waals surface area contributed by atoms with Crippen LogP contribution < -0.4 is 16.4 Å². The summed E-state index contributed by atoms with van der Waals surface area (Å²) < 4.78 is 14.4. The number of fused-ring (bicyclic) bond motifs is 2. The second-order valence-electron chi connectivity index (χ2n) is 8.08. The number of carbonyl (C=O) groups is 1. The van der Waals surface area contributed by atoms with Crippen molar-refractivity contribution in [2.45, 2.75) is 44.4 Å². The summed E-state index contributed by atoms with van der Waals surface area (Å²) in [6, 6.07) is 6.81. The predicted octanol–water partition coefficient (Wildman–Crippen LogP) is 1.22. The second-order valence-corrected chi connectivity index (χ2v) is 8.08. The van der Waals surface area contributed by atoms with E-state index >= 15 is 0 Å². The summed E-state index contributed by atoms with van der Waals surface area (Å²) in [5.74, 6) is -0.388. The van der Waals surface area contributed by atoms with Gasteiger partial charge in [0, 0.05) is 26.0 Å². The van der Waals surface area contributed by atoms with E-state index in [-0.39, 0.29) is 34.7 Å². The summed E-state index contributed by atoms with van der Waals surface area (Å²) in [7, 11) is 0. The summed E-state index contributed by atoms with van der Waals surface area (Å²) in [6.45, 7) is 2.14. The average Bonchev–Trinajstić information content (AvgIpc) is 3.48. The van der Waals surface area contributed by atoms with E-state index in [0.717, 1.165) is 25.7 Å². The molecule has 3 aromatic heterocycles. The molecule has 2 N–H and O–H groups in total. The van der Waals surface area contributed by atoms with Crippen LogP contribution in [-0.4, -0.2) is 51.8 Å². The Morgan fingerprint density at radius 1 is 1.19 bits per heavy atom. The van der Waals surface area contributed by atoms with Gasteiger partial charge < -0.3 is 19.4 Å². The molecule has 0 radical (unpaired) electrons. The number of nitrogens with one attached hydrogen (secondary N) is 2. The lowest BCUT2D eigenvalue weighted by Gasteiger charge is -2.18. The van der Waals surface area contributed by atoms with Gasteiger partial charge in [-0.2, -0.15) is 0 Å². The molecule has 3 aromatic rings. The number of aromatic nitrogens is 3. The molecule has 1 amide bonds. The normalized spacial score (nSPS) is 21.2. The van der Waals surface area contributed by atoms with Gasteiger partial charge in [-0.1, -0.05) is 6.07 Å². The van der Waals surface area contributed by atoms with Crippen molar-refractivity contribution in [3.63, 3.8) is 0 Å². The molecule has 31 heavy (non-hydrogen) atoms. The van der Waals surface area contributed by atoms with Gasteiger partial charge in [-0.3, -0.25) is 19.4 Å². The summed E-state index contributed by atoms with van der Waals surface area (Å²) >= 11 is 0. The SMILES string of the molecule is N=c1c(C(=O)NCC2CCCO2)cc2c(=O)n3ccccc3nc2n1CC1CCCO1. The molecule has 2 aliphatic heterocycles. The molecular weight excluding hydrogens is 398 g/mol. The van der Waals surface area contributed by atoms with Gasteiger partial charge in [-0.05, 0) is 43.9 Å². The summed E-state index contributed by atoms with van der Waals surface area (Å²) in [4.78, 5) is 30.8. The molecule has 9 heteroatoms. The Bertz CT molecular complexity index is 1250. The maximum absolute atomic E-state index is 13.2. The van der Waals surface area contributed by atoms with E-state index in [1.54, 1.807) is 22.9 Å². The van der Waals surface area contributed by atoms with Crippen LogP contribution in [0.3, 0.4) is 0 Å². The van der Waals surface area contributed by atoms with Gasteiger partial charge in [-0.15, -0.1) is 0 Å². The predicted molar refractivity (Wildman–Crippen MR) is 113 cm³/mol. The number of hydrogen-bond donors (Lipinski definition) is 2. The lowest BCUT2D eigenvalue weighted by molar-refractivity contribution is 0.0851. The van der Waals surface area contributed by atoms with Crippen LogP contribution >= 0.6 is 0 Å². The number of rotatable bonds is 5. The maximum atomic E-state index is 13.2. The summed E-state index contributed by atoms with van der Waals surface area (Å²) in [5, 5.41) is 11.9. The first-order valence-electron chi connectivity index (χ1n) is 10.7. The Hall–Kier alpha value is -3.04. The highest BCUT2D eigenvalue weighted by atomic mass is 16.5. The highest BCUT2D eigenvalue weighted by Gasteiger charge is 2.23. The molecule has 2 saturated heterocycles. The Morgan fingerprint density at radius 2 is 1.97 bits per heavy atom. The van der Waals surface area contributed by atoms with Gasteiger partial charge in [0.2, 0.25) is 0 Å². The molecule has 0 spiro atoms. The van der Waals surface area contributed by atoms with Gasteiger partial charge in [0.25, 0.3) is 11.5 Å². The van der Waals surface area contributed by atoms with Crippen molar-refractivity contribution in [1.29, 1.82) is 5.41 Å². The fourth-order valence-electron chi connectivity index (χ4n) is 4.34. The molecule has 5 heterocycles. The van der Waals surface area contributed by atoms with Crippen molar-refractivity contribution in [1.82, 2.24) is 19.3 Å². The molecule has 2 aliphatic rings. The minimum absolute atomic E-state index is 0.00571. The largest absolute Gasteiger partial charge is 0.376 e. The number of nitrogens with zero attached hydrogens (tertiary/aromatic N) is 3. The van der Waals surface area contributed by atoms with E-state index in [9.17, 15) is 9.59 Å². The van der Waals surface area contributed by atoms with Crippen molar-refractivity contribution in [3.05, 3.63) is 51.9 Å². The zero-order chi connectivity index (χ0) is 21.4. The molecule has 0 aliphatic carbocycles. The number of ether oxygens (including phenoxy) is 2. The van der Waals surface area contributed by atoms with Crippen LogP contribution in [0.4, 0.5) is 0 Å². The van der Waals surface area contributed by atoms with Crippen molar-refractivity contribution < 1.29 is 14.3 Å². The number of pyridine rings is 2. The molecule has 5 rings (SSSR count). The fraction of sp³-hybridized carbons (Fsp3) is 0.455. The zero-order valence-corrected chi connectivity index (χ0v) is 17.2. The number of amides is 1. The maximum Gasteiger partial charge on any atom is 0.267 e. The lowest BCUT2D eigenvalue weighted by atomic mass is 10.1.